The van der Waals surface area contributed by atoms with Crippen molar-refractivity contribution in [2.45, 2.75) is 19.8 Å². The molecule has 76 valence electrons. The fourth-order valence-electron chi connectivity index (χ4n) is 1.10. The van der Waals surface area contributed by atoms with Crippen molar-refractivity contribution < 1.29 is 9.90 Å². The Morgan fingerprint density at radius 1 is 1.64 bits per heavy atom. The van der Waals surface area contributed by atoms with E-state index in [1.165, 1.54) is 0 Å². The van der Waals surface area contributed by atoms with E-state index in [1.54, 1.807) is 19.3 Å². The average Bonchev–Trinajstić information content (AvgIpc) is 2.14. The monoisotopic (exact) mass is 257 g/mol. The first-order chi connectivity index (χ1) is 6.59. The summed E-state index contributed by atoms with van der Waals surface area (Å²) in [5.41, 5.74) is 1.06. The second-order valence-corrected chi connectivity index (χ2v) is 4.21. The molecule has 0 aliphatic rings. The number of hydrogen-bond acceptors (Lipinski definition) is 2. The maximum absolute atomic E-state index is 10.6. The van der Waals surface area contributed by atoms with Crippen molar-refractivity contribution >= 4 is 21.9 Å². The van der Waals surface area contributed by atoms with E-state index >= 15 is 0 Å². The Labute approximate surface area is 91.3 Å². The molecule has 3 nitrogen and oxygen atoms in total. The number of carbonyl (C=O) groups is 1. The lowest BCUT2D eigenvalue weighted by Gasteiger charge is -2.05. The highest BCUT2D eigenvalue weighted by atomic mass is 79.9. The van der Waals surface area contributed by atoms with Crippen molar-refractivity contribution in [3.05, 3.63) is 28.5 Å². The zero-order valence-corrected chi connectivity index (χ0v) is 9.49. The molecule has 0 saturated heterocycles. The predicted octanol–water partition coefficient (Wildman–Crippen LogP) is 2.50. The van der Waals surface area contributed by atoms with Gasteiger partial charge in [-0.25, -0.2) is 0 Å². The van der Waals surface area contributed by atoms with Gasteiger partial charge in [0.1, 0.15) is 0 Å². The minimum absolute atomic E-state index is 0.297. The number of aryl methyl sites for hydroxylation is 1. The van der Waals surface area contributed by atoms with Crippen LogP contribution in [0.15, 0.2) is 22.9 Å². The molecule has 1 atom stereocenters. The molecule has 1 rings (SSSR count). The summed E-state index contributed by atoms with van der Waals surface area (Å²) in [6.07, 6.45) is 4.87. The zero-order valence-electron chi connectivity index (χ0n) is 7.90. The molecule has 1 heterocycles. The Kier molecular flexibility index (Phi) is 4.07. The summed E-state index contributed by atoms with van der Waals surface area (Å²) in [5.74, 6) is -1.04. The normalized spacial score (nSPS) is 12.4. The molecule has 0 spiro atoms. The molecular formula is C10H12BrNO2. The lowest BCUT2D eigenvalue weighted by atomic mass is 10.0. The predicted molar refractivity (Wildman–Crippen MR) is 57.1 cm³/mol. The summed E-state index contributed by atoms with van der Waals surface area (Å²) < 4.78 is 0.929. The SMILES string of the molecule is CC(CCc1cncc(Br)c1)C(=O)O. The highest BCUT2D eigenvalue weighted by Crippen LogP contribution is 2.13. The van der Waals surface area contributed by atoms with Crippen molar-refractivity contribution in [1.82, 2.24) is 4.98 Å². The minimum Gasteiger partial charge on any atom is -0.481 e. The van der Waals surface area contributed by atoms with Crippen LogP contribution in [0.4, 0.5) is 0 Å². The van der Waals surface area contributed by atoms with Gasteiger partial charge in [0, 0.05) is 16.9 Å². The van der Waals surface area contributed by atoms with Gasteiger partial charge < -0.3 is 5.11 Å². The van der Waals surface area contributed by atoms with E-state index in [-0.39, 0.29) is 5.92 Å². The highest BCUT2D eigenvalue weighted by molar-refractivity contribution is 9.10. The van der Waals surface area contributed by atoms with Gasteiger partial charge in [0.05, 0.1) is 5.92 Å². The number of hydrogen-bond donors (Lipinski definition) is 1. The van der Waals surface area contributed by atoms with Crippen molar-refractivity contribution in [2.75, 3.05) is 0 Å². The van der Waals surface area contributed by atoms with E-state index in [0.717, 1.165) is 16.5 Å². The number of halogens is 1. The molecule has 0 aromatic carbocycles. The van der Waals surface area contributed by atoms with Crippen LogP contribution in [-0.2, 0) is 11.2 Å². The Hall–Kier alpha value is -0.900. The summed E-state index contributed by atoms with van der Waals surface area (Å²) >= 11 is 3.32. The second kappa shape index (κ2) is 5.10. The molecule has 0 fully saturated rings. The molecule has 0 aliphatic heterocycles. The van der Waals surface area contributed by atoms with Gasteiger partial charge in [0.25, 0.3) is 0 Å². The molecule has 14 heavy (non-hydrogen) atoms. The summed E-state index contributed by atoms with van der Waals surface area (Å²) in [6.45, 7) is 1.72. The third-order valence-corrected chi connectivity index (χ3v) is 2.48. The lowest BCUT2D eigenvalue weighted by Crippen LogP contribution is -2.10. The van der Waals surface area contributed by atoms with Crippen LogP contribution in [0.3, 0.4) is 0 Å². The topological polar surface area (TPSA) is 50.2 Å². The van der Waals surface area contributed by atoms with Gasteiger partial charge >= 0.3 is 5.97 Å². The molecule has 4 heteroatoms. The third-order valence-electron chi connectivity index (χ3n) is 2.05. The number of nitrogens with zero attached hydrogens (tertiary/aromatic N) is 1. The van der Waals surface area contributed by atoms with Gasteiger partial charge in [-0.05, 0) is 40.4 Å². The first-order valence-electron chi connectivity index (χ1n) is 4.42. The van der Waals surface area contributed by atoms with Crippen LogP contribution in [-0.4, -0.2) is 16.1 Å². The first kappa shape index (κ1) is 11.2. The molecule has 1 N–H and O–H groups in total. The molecule has 0 saturated carbocycles. The number of aliphatic carboxylic acids is 1. The van der Waals surface area contributed by atoms with Crippen LogP contribution in [0.5, 0.6) is 0 Å². The van der Waals surface area contributed by atoms with Crippen LogP contribution in [0.2, 0.25) is 0 Å². The van der Waals surface area contributed by atoms with Gasteiger partial charge in [0.15, 0.2) is 0 Å². The Morgan fingerprint density at radius 3 is 2.93 bits per heavy atom. The molecule has 1 aromatic heterocycles. The Balaban J connectivity index is 2.49. The number of rotatable bonds is 4. The smallest absolute Gasteiger partial charge is 0.306 e. The number of carboxylic acid groups (broad SMARTS) is 1. The standard InChI is InChI=1S/C10H12BrNO2/c1-7(10(13)14)2-3-8-4-9(11)6-12-5-8/h4-7H,2-3H2,1H3,(H,13,14). The van der Waals surface area contributed by atoms with E-state index in [1.807, 2.05) is 6.07 Å². The van der Waals surface area contributed by atoms with Crippen LogP contribution in [0.1, 0.15) is 18.9 Å². The summed E-state index contributed by atoms with van der Waals surface area (Å²) in [5, 5.41) is 8.69. The van der Waals surface area contributed by atoms with Gasteiger partial charge in [-0.2, -0.15) is 0 Å². The summed E-state index contributed by atoms with van der Waals surface area (Å²) in [4.78, 5) is 14.6. The van der Waals surface area contributed by atoms with E-state index in [2.05, 4.69) is 20.9 Å². The first-order valence-corrected chi connectivity index (χ1v) is 5.21. The quantitative estimate of drug-likeness (QED) is 0.902. The van der Waals surface area contributed by atoms with Crippen LogP contribution in [0.25, 0.3) is 0 Å². The van der Waals surface area contributed by atoms with Crippen molar-refractivity contribution in [1.29, 1.82) is 0 Å². The van der Waals surface area contributed by atoms with Crippen molar-refractivity contribution in [3.63, 3.8) is 0 Å². The van der Waals surface area contributed by atoms with E-state index < -0.39 is 5.97 Å². The van der Waals surface area contributed by atoms with Crippen molar-refractivity contribution in [2.24, 2.45) is 5.92 Å². The minimum atomic E-state index is -0.743. The van der Waals surface area contributed by atoms with Crippen LogP contribution < -0.4 is 0 Å². The summed E-state index contributed by atoms with van der Waals surface area (Å²) in [7, 11) is 0. The molecule has 0 amide bonds. The molecule has 1 aromatic rings. The molecule has 0 bridgehead atoms. The number of aromatic nitrogens is 1. The van der Waals surface area contributed by atoms with Gasteiger partial charge in [-0.1, -0.05) is 6.92 Å². The maximum Gasteiger partial charge on any atom is 0.306 e. The average molecular weight is 258 g/mol. The van der Waals surface area contributed by atoms with Gasteiger partial charge in [-0.3, -0.25) is 9.78 Å². The largest absolute Gasteiger partial charge is 0.481 e. The van der Waals surface area contributed by atoms with E-state index in [0.29, 0.717) is 6.42 Å². The lowest BCUT2D eigenvalue weighted by molar-refractivity contribution is -0.141. The number of carboxylic acids is 1. The van der Waals surface area contributed by atoms with E-state index in [4.69, 9.17) is 5.11 Å². The van der Waals surface area contributed by atoms with Gasteiger partial charge in [0.2, 0.25) is 0 Å². The highest BCUT2D eigenvalue weighted by Gasteiger charge is 2.10. The van der Waals surface area contributed by atoms with E-state index in [9.17, 15) is 4.79 Å². The Morgan fingerprint density at radius 2 is 2.36 bits per heavy atom. The van der Waals surface area contributed by atoms with Crippen molar-refractivity contribution in [3.8, 4) is 0 Å². The summed E-state index contributed by atoms with van der Waals surface area (Å²) in [6, 6.07) is 1.96. The van der Waals surface area contributed by atoms with Crippen LogP contribution >= 0.6 is 15.9 Å². The Bertz CT molecular complexity index is 328. The fourth-order valence-corrected chi connectivity index (χ4v) is 1.51. The third kappa shape index (κ3) is 3.46. The fraction of sp³-hybridized carbons (Fsp3) is 0.400. The number of pyridine rings is 1. The van der Waals surface area contributed by atoms with Crippen LogP contribution in [0, 0.1) is 5.92 Å². The maximum atomic E-state index is 10.6. The van der Waals surface area contributed by atoms with Gasteiger partial charge in [-0.15, -0.1) is 0 Å². The molecule has 0 radical (unpaired) electrons. The molecular weight excluding hydrogens is 246 g/mol. The molecule has 1 unspecified atom stereocenters. The zero-order chi connectivity index (χ0) is 10.6. The molecule has 0 aliphatic carbocycles. The second-order valence-electron chi connectivity index (χ2n) is 3.29.